The molecule has 1 unspecified atom stereocenters. The van der Waals surface area contributed by atoms with Crippen LogP contribution in [-0.4, -0.2) is 41.5 Å². The van der Waals surface area contributed by atoms with Gasteiger partial charge in [-0.2, -0.15) is 0 Å². The average molecular weight is 270 g/mol. The molecule has 1 aliphatic rings. The fraction of sp³-hybridized carbons (Fsp3) is 0.857. The molecule has 1 saturated heterocycles. The highest BCUT2D eigenvalue weighted by molar-refractivity contribution is 5.78. The molecule has 1 amide bonds. The summed E-state index contributed by atoms with van der Waals surface area (Å²) in [7, 11) is 0. The van der Waals surface area contributed by atoms with E-state index in [1.54, 1.807) is 4.90 Å². The monoisotopic (exact) mass is 270 g/mol. The molecule has 1 aliphatic heterocycles. The van der Waals surface area contributed by atoms with Crippen molar-refractivity contribution in [3.63, 3.8) is 0 Å². The van der Waals surface area contributed by atoms with Crippen LogP contribution in [0.2, 0.25) is 0 Å². The normalized spacial score (nSPS) is 21.5. The van der Waals surface area contributed by atoms with E-state index in [0.29, 0.717) is 38.4 Å². The predicted molar refractivity (Wildman–Crippen MR) is 73.6 cm³/mol. The molecule has 0 saturated carbocycles. The molecular weight excluding hydrogens is 244 g/mol. The molecular formula is C14H26N2O3. The van der Waals surface area contributed by atoms with E-state index >= 15 is 0 Å². The van der Waals surface area contributed by atoms with E-state index in [4.69, 9.17) is 10.8 Å². The Kier molecular flexibility index (Phi) is 6.28. The molecule has 19 heavy (non-hydrogen) atoms. The summed E-state index contributed by atoms with van der Waals surface area (Å²) < 4.78 is 0. The number of likely N-dealkylation sites (tertiary alicyclic amines) is 1. The number of nitrogens with two attached hydrogens (primary N) is 1. The maximum Gasteiger partial charge on any atom is 0.308 e. The molecule has 1 heterocycles. The van der Waals surface area contributed by atoms with Gasteiger partial charge in [-0.1, -0.05) is 13.8 Å². The largest absolute Gasteiger partial charge is 0.481 e. The lowest BCUT2D eigenvalue weighted by molar-refractivity contribution is -0.145. The van der Waals surface area contributed by atoms with Crippen LogP contribution in [-0.2, 0) is 9.59 Å². The zero-order valence-corrected chi connectivity index (χ0v) is 12.0. The van der Waals surface area contributed by atoms with Gasteiger partial charge in [0.2, 0.25) is 5.91 Å². The van der Waals surface area contributed by atoms with Crippen molar-refractivity contribution in [1.82, 2.24) is 4.90 Å². The number of piperidine rings is 1. The summed E-state index contributed by atoms with van der Waals surface area (Å²) in [5.74, 6) is -0.414. The van der Waals surface area contributed by atoms with Gasteiger partial charge in [0.25, 0.3) is 0 Å². The molecule has 110 valence electrons. The summed E-state index contributed by atoms with van der Waals surface area (Å²) in [5.41, 5.74) is 5.71. The first-order valence-electron chi connectivity index (χ1n) is 7.14. The van der Waals surface area contributed by atoms with Gasteiger partial charge in [-0.15, -0.1) is 0 Å². The fourth-order valence-corrected chi connectivity index (χ4v) is 2.71. The number of hydrogen-bond donors (Lipinski definition) is 2. The van der Waals surface area contributed by atoms with Gasteiger partial charge >= 0.3 is 5.97 Å². The lowest BCUT2D eigenvalue weighted by Gasteiger charge is -2.32. The van der Waals surface area contributed by atoms with Crippen LogP contribution in [0.5, 0.6) is 0 Å². The lowest BCUT2D eigenvalue weighted by Crippen LogP contribution is -2.43. The molecule has 5 nitrogen and oxygen atoms in total. The summed E-state index contributed by atoms with van der Waals surface area (Å²) in [4.78, 5) is 24.9. The van der Waals surface area contributed by atoms with Crippen molar-refractivity contribution in [2.24, 2.45) is 23.5 Å². The summed E-state index contributed by atoms with van der Waals surface area (Å²) >= 11 is 0. The fourth-order valence-electron chi connectivity index (χ4n) is 2.71. The van der Waals surface area contributed by atoms with Gasteiger partial charge in [0.15, 0.2) is 0 Å². The number of carbonyl (C=O) groups is 2. The molecule has 0 radical (unpaired) electrons. The topological polar surface area (TPSA) is 83.6 Å². The van der Waals surface area contributed by atoms with E-state index in [0.717, 1.165) is 12.8 Å². The second-order valence-electron chi connectivity index (χ2n) is 5.95. The highest BCUT2D eigenvalue weighted by atomic mass is 16.4. The van der Waals surface area contributed by atoms with Gasteiger partial charge in [0.05, 0.1) is 5.92 Å². The van der Waals surface area contributed by atoms with Gasteiger partial charge in [0, 0.05) is 19.5 Å². The Labute approximate surface area is 115 Å². The van der Waals surface area contributed by atoms with Crippen LogP contribution in [0.25, 0.3) is 0 Å². The number of rotatable bonds is 6. The molecule has 0 aliphatic carbocycles. The molecule has 3 N–H and O–H groups in total. The summed E-state index contributed by atoms with van der Waals surface area (Å²) in [6, 6.07) is 0. The van der Waals surface area contributed by atoms with E-state index in [-0.39, 0.29) is 11.8 Å². The van der Waals surface area contributed by atoms with Crippen LogP contribution in [0.4, 0.5) is 0 Å². The first-order valence-corrected chi connectivity index (χ1v) is 7.14. The molecule has 1 fully saturated rings. The molecule has 0 aromatic heterocycles. The molecule has 0 aromatic rings. The lowest BCUT2D eigenvalue weighted by atomic mass is 9.92. The quantitative estimate of drug-likeness (QED) is 0.762. The van der Waals surface area contributed by atoms with E-state index in [9.17, 15) is 9.59 Å². The van der Waals surface area contributed by atoms with E-state index in [1.165, 1.54) is 0 Å². The van der Waals surface area contributed by atoms with Crippen molar-refractivity contribution < 1.29 is 14.7 Å². The first-order chi connectivity index (χ1) is 8.93. The van der Waals surface area contributed by atoms with Crippen LogP contribution < -0.4 is 5.73 Å². The van der Waals surface area contributed by atoms with Crippen molar-refractivity contribution >= 4 is 11.9 Å². The Morgan fingerprint density at radius 1 is 1.42 bits per heavy atom. The molecule has 5 heteroatoms. The Hall–Kier alpha value is -1.10. The SMILES string of the molecule is CC(C)CC(CN)CC(=O)N1CCC[C@@H](C(=O)O)C1. The van der Waals surface area contributed by atoms with E-state index in [2.05, 4.69) is 13.8 Å². The van der Waals surface area contributed by atoms with Crippen molar-refractivity contribution in [1.29, 1.82) is 0 Å². The van der Waals surface area contributed by atoms with E-state index < -0.39 is 11.9 Å². The zero-order chi connectivity index (χ0) is 14.4. The number of hydrogen-bond acceptors (Lipinski definition) is 3. The zero-order valence-electron chi connectivity index (χ0n) is 12.0. The van der Waals surface area contributed by atoms with Crippen molar-refractivity contribution in [3.05, 3.63) is 0 Å². The first kappa shape index (κ1) is 16.0. The second kappa shape index (κ2) is 7.48. The van der Waals surface area contributed by atoms with Gasteiger partial charge in [0.1, 0.15) is 0 Å². The van der Waals surface area contributed by atoms with E-state index in [1.807, 2.05) is 0 Å². The molecule has 1 rings (SSSR count). The van der Waals surface area contributed by atoms with Crippen LogP contribution in [0.15, 0.2) is 0 Å². The predicted octanol–water partition coefficient (Wildman–Crippen LogP) is 1.32. The van der Waals surface area contributed by atoms with Crippen molar-refractivity contribution in [2.75, 3.05) is 19.6 Å². The maximum absolute atomic E-state index is 12.2. The van der Waals surface area contributed by atoms with Crippen molar-refractivity contribution in [3.8, 4) is 0 Å². The minimum atomic E-state index is -0.796. The second-order valence-corrected chi connectivity index (χ2v) is 5.95. The smallest absolute Gasteiger partial charge is 0.308 e. The van der Waals surface area contributed by atoms with Crippen LogP contribution in [0.3, 0.4) is 0 Å². The number of carboxylic acids is 1. The number of carbonyl (C=O) groups excluding carboxylic acids is 1. The summed E-state index contributed by atoms with van der Waals surface area (Å²) in [5, 5.41) is 9.03. The Bertz CT molecular complexity index is 318. The summed E-state index contributed by atoms with van der Waals surface area (Å²) in [6.07, 6.45) is 2.84. The Morgan fingerprint density at radius 2 is 2.11 bits per heavy atom. The minimum absolute atomic E-state index is 0.0575. The third-order valence-corrected chi connectivity index (χ3v) is 3.72. The number of nitrogens with zero attached hydrogens (tertiary/aromatic N) is 1. The van der Waals surface area contributed by atoms with Crippen molar-refractivity contribution in [2.45, 2.75) is 39.5 Å². The van der Waals surface area contributed by atoms with Crippen LogP contribution in [0, 0.1) is 17.8 Å². The standard InChI is InChI=1S/C14H26N2O3/c1-10(2)6-11(8-15)7-13(17)16-5-3-4-12(9-16)14(18)19/h10-12H,3-9,15H2,1-2H3,(H,18,19)/t11?,12-/m1/s1. The third-order valence-electron chi connectivity index (χ3n) is 3.72. The number of aliphatic carboxylic acids is 1. The number of carboxylic acid groups (broad SMARTS) is 1. The molecule has 0 aromatic carbocycles. The summed E-state index contributed by atoms with van der Waals surface area (Å²) in [6.45, 7) is 5.79. The molecule has 2 atom stereocenters. The molecule has 0 bridgehead atoms. The third kappa shape index (κ3) is 5.19. The van der Waals surface area contributed by atoms with Gasteiger partial charge in [-0.05, 0) is 37.6 Å². The van der Waals surface area contributed by atoms with Gasteiger partial charge < -0.3 is 15.7 Å². The Balaban J connectivity index is 2.49. The highest BCUT2D eigenvalue weighted by Gasteiger charge is 2.28. The minimum Gasteiger partial charge on any atom is -0.481 e. The highest BCUT2D eigenvalue weighted by Crippen LogP contribution is 2.20. The van der Waals surface area contributed by atoms with Gasteiger partial charge in [-0.25, -0.2) is 0 Å². The Morgan fingerprint density at radius 3 is 2.63 bits per heavy atom. The molecule has 0 spiro atoms. The number of amides is 1. The van der Waals surface area contributed by atoms with Gasteiger partial charge in [-0.3, -0.25) is 9.59 Å². The maximum atomic E-state index is 12.2. The van der Waals surface area contributed by atoms with Crippen LogP contribution >= 0.6 is 0 Å². The van der Waals surface area contributed by atoms with Crippen LogP contribution in [0.1, 0.15) is 39.5 Å². The average Bonchev–Trinajstić information content (AvgIpc) is 2.37.